The van der Waals surface area contributed by atoms with Gasteiger partial charge in [-0.05, 0) is 62.2 Å². The smallest absolute Gasteiger partial charge is 0.295 e. The molecule has 1 aliphatic heterocycles. The highest BCUT2D eigenvalue weighted by atomic mass is 35.5. The first kappa shape index (κ1) is 22.9. The molecule has 0 saturated carbocycles. The molecule has 1 atom stereocenters. The van der Waals surface area contributed by atoms with Crippen LogP contribution in [0.2, 0.25) is 5.02 Å². The Bertz CT molecular complexity index is 964. The predicted octanol–water partition coefficient (Wildman–Crippen LogP) is 5.74. The summed E-state index contributed by atoms with van der Waals surface area (Å²) in [6, 6.07) is 13.2. The van der Waals surface area contributed by atoms with Gasteiger partial charge in [-0.3, -0.25) is 9.59 Å². The number of nitrogens with zero attached hydrogens (tertiary/aromatic N) is 1. The summed E-state index contributed by atoms with van der Waals surface area (Å²) in [5, 5.41) is 11.5. The van der Waals surface area contributed by atoms with E-state index in [1.165, 1.54) is 0 Å². The monoisotopic (exact) mass is 441 g/mol. The third-order valence-electron chi connectivity index (χ3n) is 5.23. The van der Waals surface area contributed by atoms with Crippen molar-refractivity contribution in [1.29, 1.82) is 0 Å². The number of hydrogen-bond donors (Lipinski definition) is 1. The lowest BCUT2D eigenvalue weighted by molar-refractivity contribution is -0.139. The Morgan fingerprint density at radius 3 is 2.29 bits per heavy atom. The third kappa shape index (κ3) is 5.10. The minimum Gasteiger partial charge on any atom is -0.507 e. The number of aliphatic hydroxyl groups is 1. The van der Waals surface area contributed by atoms with Crippen molar-refractivity contribution in [1.82, 2.24) is 4.90 Å². The number of ketones is 1. The van der Waals surface area contributed by atoms with Gasteiger partial charge in [0, 0.05) is 17.1 Å². The van der Waals surface area contributed by atoms with E-state index in [0.29, 0.717) is 22.9 Å². The standard InChI is InChI=1S/C25H28ClNO4/c1-4-5-6-15-27-22(17-9-13-20(14-10-17)31-16(2)3)21(24(29)25(27)30)23(28)18-7-11-19(26)12-8-18/h7-14,16,22,28H,4-6,15H2,1-3H3/b23-21-. The number of likely N-dealkylation sites (tertiary alicyclic amines) is 1. The number of ether oxygens (including phenoxy) is 1. The summed E-state index contributed by atoms with van der Waals surface area (Å²) < 4.78 is 5.71. The van der Waals surface area contributed by atoms with E-state index in [9.17, 15) is 14.7 Å². The number of amides is 1. The first-order valence-electron chi connectivity index (χ1n) is 10.6. The van der Waals surface area contributed by atoms with Crippen LogP contribution >= 0.6 is 11.6 Å². The van der Waals surface area contributed by atoms with Gasteiger partial charge in [0.1, 0.15) is 11.5 Å². The number of benzene rings is 2. The maximum Gasteiger partial charge on any atom is 0.295 e. The van der Waals surface area contributed by atoms with Crippen molar-refractivity contribution in [3.8, 4) is 5.75 Å². The quantitative estimate of drug-likeness (QED) is 0.245. The van der Waals surface area contributed by atoms with E-state index in [2.05, 4.69) is 6.92 Å². The number of Topliss-reactive ketones (excluding diaryl/α,β-unsaturated/α-hetero) is 1. The number of aliphatic hydroxyl groups excluding tert-OH is 1. The van der Waals surface area contributed by atoms with Crippen LogP contribution < -0.4 is 4.74 Å². The van der Waals surface area contributed by atoms with Gasteiger partial charge < -0.3 is 14.7 Å². The maximum atomic E-state index is 13.0. The zero-order valence-electron chi connectivity index (χ0n) is 18.1. The SMILES string of the molecule is CCCCCN1C(=O)C(=O)/C(=C(\O)c2ccc(Cl)cc2)C1c1ccc(OC(C)C)cc1. The van der Waals surface area contributed by atoms with Crippen molar-refractivity contribution in [2.75, 3.05) is 6.54 Å². The van der Waals surface area contributed by atoms with Gasteiger partial charge in [0.05, 0.1) is 17.7 Å². The van der Waals surface area contributed by atoms with Crippen molar-refractivity contribution in [2.45, 2.75) is 52.2 Å². The summed E-state index contributed by atoms with van der Waals surface area (Å²) >= 11 is 5.96. The van der Waals surface area contributed by atoms with Crippen LogP contribution in [-0.4, -0.2) is 34.3 Å². The summed E-state index contributed by atoms with van der Waals surface area (Å²) in [7, 11) is 0. The van der Waals surface area contributed by atoms with Crippen molar-refractivity contribution >= 4 is 29.1 Å². The zero-order valence-corrected chi connectivity index (χ0v) is 18.9. The zero-order chi connectivity index (χ0) is 22.5. The van der Waals surface area contributed by atoms with Crippen LogP contribution in [0.15, 0.2) is 54.1 Å². The van der Waals surface area contributed by atoms with Gasteiger partial charge in [0.15, 0.2) is 0 Å². The molecule has 1 fully saturated rings. The highest BCUT2D eigenvalue weighted by molar-refractivity contribution is 6.46. The molecule has 2 aromatic carbocycles. The summed E-state index contributed by atoms with van der Waals surface area (Å²) in [5.41, 5.74) is 1.30. The molecule has 0 aromatic heterocycles. The van der Waals surface area contributed by atoms with Crippen molar-refractivity contribution in [3.05, 3.63) is 70.3 Å². The molecule has 3 rings (SSSR count). The Balaban J connectivity index is 2.06. The van der Waals surface area contributed by atoms with Crippen LogP contribution in [0, 0.1) is 0 Å². The molecule has 1 aliphatic rings. The van der Waals surface area contributed by atoms with Crippen LogP contribution in [0.3, 0.4) is 0 Å². The van der Waals surface area contributed by atoms with Crippen LogP contribution in [-0.2, 0) is 9.59 Å². The van der Waals surface area contributed by atoms with E-state index < -0.39 is 17.7 Å². The fraction of sp³-hybridized carbons (Fsp3) is 0.360. The third-order valence-corrected chi connectivity index (χ3v) is 5.48. The van der Waals surface area contributed by atoms with Gasteiger partial charge >= 0.3 is 0 Å². The number of rotatable bonds is 8. The highest BCUT2D eigenvalue weighted by Crippen LogP contribution is 2.40. The second-order valence-corrected chi connectivity index (χ2v) is 8.38. The van der Waals surface area contributed by atoms with E-state index in [-0.39, 0.29) is 17.4 Å². The molecule has 1 saturated heterocycles. The molecule has 31 heavy (non-hydrogen) atoms. The molecule has 1 heterocycles. The maximum absolute atomic E-state index is 13.0. The second kappa shape index (κ2) is 10.0. The molecule has 0 spiro atoms. The summed E-state index contributed by atoms with van der Waals surface area (Å²) in [6.45, 7) is 6.43. The normalized spacial score (nSPS) is 18.1. The summed E-state index contributed by atoms with van der Waals surface area (Å²) in [4.78, 5) is 27.4. The number of unbranched alkanes of at least 4 members (excludes halogenated alkanes) is 2. The Morgan fingerprint density at radius 2 is 1.71 bits per heavy atom. The van der Waals surface area contributed by atoms with Crippen LogP contribution in [0.25, 0.3) is 5.76 Å². The van der Waals surface area contributed by atoms with Gasteiger partial charge in [-0.1, -0.05) is 43.5 Å². The minimum absolute atomic E-state index is 0.0374. The number of carbonyl (C=O) groups excluding carboxylic acids is 2. The van der Waals surface area contributed by atoms with Crippen LogP contribution in [0.5, 0.6) is 5.75 Å². The first-order chi connectivity index (χ1) is 14.8. The van der Waals surface area contributed by atoms with Crippen molar-refractivity contribution in [2.24, 2.45) is 0 Å². The van der Waals surface area contributed by atoms with E-state index in [1.54, 1.807) is 29.2 Å². The van der Waals surface area contributed by atoms with Gasteiger partial charge in [0.25, 0.3) is 11.7 Å². The molecule has 6 heteroatoms. The molecular formula is C25H28ClNO4. The highest BCUT2D eigenvalue weighted by Gasteiger charge is 2.45. The minimum atomic E-state index is -0.670. The molecule has 0 bridgehead atoms. The number of carbonyl (C=O) groups is 2. The van der Waals surface area contributed by atoms with E-state index in [4.69, 9.17) is 16.3 Å². The lowest BCUT2D eigenvalue weighted by Crippen LogP contribution is -2.30. The Morgan fingerprint density at radius 1 is 1.06 bits per heavy atom. The summed E-state index contributed by atoms with van der Waals surface area (Å²) in [6.07, 6.45) is 2.78. The fourth-order valence-corrected chi connectivity index (χ4v) is 3.88. The van der Waals surface area contributed by atoms with Crippen molar-refractivity contribution in [3.63, 3.8) is 0 Å². The molecular weight excluding hydrogens is 414 g/mol. The van der Waals surface area contributed by atoms with E-state index >= 15 is 0 Å². The topological polar surface area (TPSA) is 66.8 Å². The predicted molar refractivity (Wildman–Crippen MR) is 122 cm³/mol. The molecule has 2 aromatic rings. The molecule has 1 unspecified atom stereocenters. The lowest BCUT2D eigenvalue weighted by atomic mass is 9.95. The van der Waals surface area contributed by atoms with Crippen LogP contribution in [0.4, 0.5) is 0 Å². The van der Waals surface area contributed by atoms with Crippen molar-refractivity contribution < 1.29 is 19.4 Å². The largest absolute Gasteiger partial charge is 0.507 e. The molecule has 5 nitrogen and oxygen atoms in total. The second-order valence-electron chi connectivity index (χ2n) is 7.94. The van der Waals surface area contributed by atoms with Gasteiger partial charge in [-0.2, -0.15) is 0 Å². The molecule has 0 aliphatic carbocycles. The summed E-state index contributed by atoms with van der Waals surface area (Å²) in [5.74, 6) is -0.740. The molecule has 1 amide bonds. The molecule has 0 radical (unpaired) electrons. The average Bonchev–Trinajstić information content (AvgIpc) is 2.99. The van der Waals surface area contributed by atoms with Gasteiger partial charge in [0.2, 0.25) is 0 Å². The Kier molecular flexibility index (Phi) is 7.39. The fourth-order valence-electron chi connectivity index (χ4n) is 3.75. The van der Waals surface area contributed by atoms with E-state index in [1.807, 2.05) is 38.1 Å². The Hall–Kier alpha value is -2.79. The van der Waals surface area contributed by atoms with Gasteiger partial charge in [-0.25, -0.2) is 0 Å². The lowest BCUT2D eigenvalue weighted by Gasteiger charge is -2.25. The first-order valence-corrected chi connectivity index (χ1v) is 11.0. The molecule has 1 N–H and O–H groups in total. The number of hydrogen-bond acceptors (Lipinski definition) is 4. The van der Waals surface area contributed by atoms with E-state index in [0.717, 1.165) is 24.8 Å². The number of halogens is 1. The molecule has 164 valence electrons. The average molecular weight is 442 g/mol. The van der Waals surface area contributed by atoms with Gasteiger partial charge in [-0.15, -0.1) is 0 Å². The Labute approximate surface area is 188 Å². The van der Waals surface area contributed by atoms with Crippen LogP contribution in [0.1, 0.15) is 57.2 Å².